The number of aryl methyl sites for hydroxylation is 1. The van der Waals surface area contributed by atoms with E-state index in [0.29, 0.717) is 6.54 Å². The van der Waals surface area contributed by atoms with E-state index in [0.717, 1.165) is 10.4 Å². The summed E-state index contributed by atoms with van der Waals surface area (Å²) < 4.78 is 24.7. The highest BCUT2D eigenvalue weighted by Crippen LogP contribution is 2.18. The highest BCUT2D eigenvalue weighted by Gasteiger charge is 2.20. The van der Waals surface area contributed by atoms with Crippen LogP contribution in [0.25, 0.3) is 0 Å². The Morgan fingerprint density at radius 2 is 2.18 bits per heavy atom. The van der Waals surface area contributed by atoms with Crippen molar-refractivity contribution in [2.75, 3.05) is 12.8 Å². The number of rotatable bonds is 6. The molecule has 1 heterocycles. The minimum atomic E-state index is -3.49. The molecule has 0 saturated carbocycles. The lowest BCUT2D eigenvalue weighted by Gasteiger charge is -2.16. The minimum Gasteiger partial charge on any atom is -0.481 e. The van der Waals surface area contributed by atoms with Gasteiger partial charge < -0.3 is 5.11 Å². The highest BCUT2D eigenvalue weighted by molar-refractivity contribution is 7.89. The van der Waals surface area contributed by atoms with E-state index in [2.05, 4.69) is 0 Å². The predicted molar refractivity (Wildman–Crippen MR) is 66.6 cm³/mol. The molecule has 1 aromatic heterocycles. The Morgan fingerprint density at radius 3 is 2.65 bits per heavy atom. The summed E-state index contributed by atoms with van der Waals surface area (Å²) in [6.07, 6.45) is -0.365. The van der Waals surface area contributed by atoms with Crippen LogP contribution < -0.4 is 0 Å². The maximum Gasteiger partial charge on any atom is 0.304 e. The second-order valence-electron chi connectivity index (χ2n) is 3.74. The molecule has 0 amide bonds. The zero-order valence-corrected chi connectivity index (χ0v) is 11.3. The smallest absolute Gasteiger partial charge is 0.304 e. The number of sulfonamides is 1. The molecule has 0 unspecified atom stereocenters. The lowest BCUT2D eigenvalue weighted by atomic mass is 10.3. The van der Waals surface area contributed by atoms with E-state index >= 15 is 0 Å². The molecule has 0 atom stereocenters. The summed E-state index contributed by atoms with van der Waals surface area (Å²) in [5.41, 5.74) is 1.05. The molecule has 0 aliphatic carbocycles. The van der Waals surface area contributed by atoms with Crippen LogP contribution in [0.3, 0.4) is 0 Å². The van der Waals surface area contributed by atoms with Crippen LogP contribution in [-0.2, 0) is 21.4 Å². The van der Waals surface area contributed by atoms with Crippen LogP contribution in [0.2, 0.25) is 0 Å². The first-order valence-electron chi connectivity index (χ1n) is 5.01. The van der Waals surface area contributed by atoms with Gasteiger partial charge in [-0.15, -0.1) is 11.3 Å². The zero-order valence-electron chi connectivity index (χ0n) is 9.71. The van der Waals surface area contributed by atoms with E-state index in [1.165, 1.54) is 22.7 Å². The number of hydrogen-bond donors (Lipinski definition) is 1. The summed E-state index contributed by atoms with van der Waals surface area (Å²) in [6, 6.07) is 1.93. The summed E-state index contributed by atoms with van der Waals surface area (Å²) in [7, 11) is -2.02. The molecule has 0 bridgehead atoms. The van der Waals surface area contributed by atoms with E-state index < -0.39 is 16.0 Å². The molecule has 5 nitrogen and oxygen atoms in total. The van der Waals surface area contributed by atoms with E-state index in [-0.39, 0.29) is 12.2 Å². The second kappa shape index (κ2) is 5.61. The van der Waals surface area contributed by atoms with Crippen LogP contribution in [0.1, 0.15) is 16.9 Å². The first kappa shape index (κ1) is 14.1. The normalized spacial score (nSPS) is 11.9. The molecule has 1 aromatic rings. The van der Waals surface area contributed by atoms with Crippen molar-refractivity contribution in [2.45, 2.75) is 19.9 Å². The Labute approximate surface area is 105 Å². The van der Waals surface area contributed by atoms with Crippen LogP contribution in [0, 0.1) is 6.92 Å². The number of aliphatic carboxylic acids is 1. The molecule has 0 saturated heterocycles. The Balaban J connectivity index is 2.66. The molecule has 17 heavy (non-hydrogen) atoms. The third kappa shape index (κ3) is 4.10. The zero-order chi connectivity index (χ0) is 13.1. The van der Waals surface area contributed by atoms with Crippen molar-refractivity contribution in [3.8, 4) is 0 Å². The number of carbonyl (C=O) groups is 1. The topological polar surface area (TPSA) is 74.7 Å². The van der Waals surface area contributed by atoms with Gasteiger partial charge in [0.05, 0.1) is 12.2 Å². The number of carboxylic acids is 1. The molecule has 1 N–H and O–H groups in total. The number of hydrogen-bond acceptors (Lipinski definition) is 4. The Hall–Kier alpha value is -0.920. The first-order chi connectivity index (χ1) is 7.83. The van der Waals surface area contributed by atoms with Crippen molar-refractivity contribution in [1.29, 1.82) is 0 Å². The third-order valence-corrected chi connectivity index (χ3v) is 5.19. The van der Waals surface area contributed by atoms with Gasteiger partial charge in [-0.3, -0.25) is 4.79 Å². The molecule has 0 aromatic carbocycles. The van der Waals surface area contributed by atoms with E-state index in [9.17, 15) is 13.2 Å². The maximum absolute atomic E-state index is 11.7. The summed E-state index contributed by atoms with van der Waals surface area (Å²) in [5, 5.41) is 10.4. The fraction of sp³-hybridized carbons (Fsp3) is 0.500. The van der Waals surface area contributed by atoms with Crippen molar-refractivity contribution < 1.29 is 18.3 Å². The molecular weight excluding hydrogens is 262 g/mol. The quantitative estimate of drug-likeness (QED) is 0.850. The largest absolute Gasteiger partial charge is 0.481 e. The third-order valence-electron chi connectivity index (χ3n) is 2.38. The molecule has 1 rings (SSSR count). The Morgan fingerprint density at radius 1 is 1.53 bits per heavy atom. The second-order valence-corrected chi connectivity index (χ2v) is 6.94. The van der Waals surface area contributed by atoms with Crippen LogP contribution in [-0.4, -0.2) is 36.6 Å². The van der Waals surface area contributed by atoms with Crippen molar-refractivity contribution in [1.82, 2.24) is 4.31 Å². The summed E-state index contributed by atoms with van der Waals surface area (Å²) in [4.78, 5) is 11.3. The van der Waals surface area contributed by atoms with Crippen LogP contribution in [0.4, 0.5) is 0 Å². The average Bonchev–Trinajstić information content (AvgIpc) is 2.62. The highest BCUT2D eigenvalue weighted by atomic mass is 32.2. The van der Waals surface area contributed by atoms with Gasteiger partial charge in [0.25, 0.3) is 0 Å². The Kier molecular flexibility index (Phi) is 4.67. The van der Waals surface area contributed by atoms with Crippen molar-refractivity contribution >= 4 is 27.3 Å². The van der Waals surface area contributed by atoms with Crippen molar-refractivity contribution in [2.24, 2.45) is 0 Å². The van der Waals surface area contributed by atoms with Gasteiger partial charge in [0, 0.05) is 18.5 Å². The number of carboxylic acid groups (broad SMARTS) is 1. The predicted octanol–water partition coefficient (Wildman–Crippen LogP) is 1.29. The molecule has 96 valence electrons. The van der Waals surface area contributed by atoms with E-state index in [1.54, 1.807) is 0 Å². The first-order valence-corrected chi connectivity index (χ1v) is 7.50. The summed E-state index contributed by atoms with van der Waals surface area (Å²) in [6.45, 7) is 2.22. The van der Waals surface area contributed by atoms with Gasteiger partial charge in [0.1, 0.15) is 0 Å². The van der Waals surface area contributed by atoms with Gasteiger partial charge in [-0.05, 0) is 23.9 Å². The van der Waals surface area contributed by atoms with Gasteiger partial charge >= 0.3 is 5.97 Å². The monoisotopic (exact) mass is 277 g/mol. The number of nitrogens with zero attached hydrogens (tertiary/aromatic N) is 1. The molecule has 7 heteroatoms. The van der Waals surface area contributed by atoms with E-state index in [1.807, 2.05) is 18.4 Å². The minimum absolute atomic E-state index is 0.297. The van der Waals surface area contributed by atoms with Gasteiger partial charge in [-0.25, -0.2) is 8.42 Å². The molecule has 0 aliphatic heterocycles. The van der Waals surface area contributed by atoms with E-state index in [4.69, 9.17) is 5.11 Å². The molecule has 0 fully saturated rings. The maximum atomic E-state index is 11.7. The molecule has 0 aliphatic rings. The average molecular weight is 277 g/mol. The molecule has 0 radical (unpaired) electrons. The van der Waals surface area contributed by atoms with Crippen LogP contribution >= 0.6 is 11.3 Å². The van der Waals surface area contributed by atoms with Gasteiger partial charge in [0.15, 0.2) is 0 Å². The lowest BCUT2D eigenvalue weighted by Crippen LogP contribution is -2.29. The summed E-state index contributed by atoms with van der Waals surface area (Å²) >= 11 is 1.50. The molecule has 0 spiro atoms. The molecular formula is C10H15NO4S2. The fourth-order valence-corrected chi connectivity index (χ4v) is 3.35. The summed E-state index contributed by atoms with van der Waals surface area (Å²) in [5.74, 6) is -1.46. The fourth-order valence-electron chi connectivity index (χ4n) is 1.24. The lowest BCUT2D eigenvalue weighted by molar-refractivity contribution is -0.136. The van der Waals surface area contributed by atoms with Gasteiger partial charge in [-0.2, -0.15) is 4.31 Å². The van der Waals surface area contributed by atoms with Crippen molar-refractivity contribution in [3.63, 3.8) is 0 Å². The van der Waals surface area contributed by atoms with Gasteiger partial charge in [-0.1, -0.05) is 0 Å². The SMILES string of the molecule is Cc1ccsc1CN(C)S(=O)(=O)CCC(=O)O. The van der Waals surface area contributed by atoms with Crippen LogP contribution in [0.5, 0.6) is 0 Å². The standard InChI is InChI=1S/C10H15NO4S2/c1-8-3-5-16-9(8)7-11(2)17(14,15)6-4-10(12)13/h3,5H,4,6-7H2,1-2H3,(H,12,13). The van der Waals surface area contributed by atoms with Crippen molar-refractivity contribution in [3.05, 3.63) is 21.9 Å². The number of thiophene rings is 1. The van der Waals surface area contributed by atoms with Gasteiger partial charge in [0.2, 0.25) is 10.0 Å². The Bertz CT molecular complexity index is 492. The van der Waals surface area contributed by atoms with Crippen LogP contribution in [0.15, 0.2) is 11.4 Å².